The first kappa shape index (κ1) is 32.8. The van der Waals surface area contributed by atoms with Gasteiger partial charge in [0.25, 0.3) is 0 Å². The van der Waals surface area contributed by atoms with E-state index >= 15 is 0 Å². The van der Waals surface area contributed by atoms with Crippen LogP contribution in [0.25, 0.3) is 0 Å². The fourth-order valence-electron chi connectivity index (χ4n) is 6.31. The van der Waals surface area contributed by atoms with Crippen LogP contribution in [0.2, 0.25) is 0 Å². The Balaban J connectivity index is 1.30. The molecule has 0 spiro atoms. The van der Waals surface area contributed by atoms with Gasteiger partial charge in [0.1, 0.15) is 17.0 Å². The number of nitrogens with one attached hydrogen (secondary N) is 1. The van der Waals surface area contributed by atoms with Crippen LogP contribution in [-0.2, 0) is 33.7 Å². The number of rotatable bonds is 7. The third kappa shape index (κ3) is 6.96. The summed E-state index contributed by atoms with van der Waals surface area (Å²) >= 11 is 1.25. The molecule has 1 unspecified atom stereocenters. The van der Waals surface area contributed by atoms with Crippen molar-refractivity contribution in [2.24, 2.45) is 0 Å². The van der Waals surface area contributed by atoms with Gasteiger partial charge in [-0.15, -0.1) is 11.8 Å². The van der Waals surface area contributed by atoms with E-state index in [1.165, 1.54) is 16.7 Å². The summed E-state index contributed by atoms with van der Waals surface area (Å²) < 4.78 is 35.7. The molecule has 13 heteroatoms. The lowest BCUT2D eigenvalue weighted by Crippen LogP contribution is -2.74. The van der Waals surface area contributed by atoms with Gasteiger partial charge in [-0.2, -0.15) is 0 Å². The van der Waals surface area contributed by atoms with Crippen LogP contribution in [0.3, 0.4) is 0 Å². The number of nitrogens with zero attached hydrogens (tertiary/aromatic N) is 2. The van der Waals surface area contributed by atoms with E-state index in [4.69, 9.17) is 9.47 Å². The molecule has 3 saturated heterocycles. The van der Waals surface area contributed by atoms with Crippen LogP contribution in [-0.4, -0.2) is 89.2 Å². The second-order valence-corrected chi connectivity index (χ2v) is 16.2. The fraction of sp³-hybridized carbons (Fsp3) is 0.412. The van der Waals surface area contributed by atoms with Crippen molar-refractivity contribution in [3.63, 3.8) is 0 Å². The molecule has 3 fully saturated rings. The van der Waals surface area contributed by atoms with Crippen molar-refractivity contribution in [1.82, 2.24) is 15.1 Å². The largest absolute Gasteiger partial charge is 0.451 e. The molecule has 4 aliphatic rings. The minimum absolute atomic E-state index is 0.0527. The maximum atomic E-state index is 14.2. The molecule has 0 aliphatic carbocycles. The molecular weight excluding hydrogens is 643 g/mol. The molecule has 47 heavy (non-hydrogen) atoms. The van der Waals surface area contributed by atoms with Crippen LogP contribution in [0.4, 0.5) is 4.79 Å². The topological polar surface area (TPSA) is 139 Å². The van der Waals surface area contributed by atoms with Gasteiger partial charge >= 0.3 is 12.1 Å². The molecule has 248 valence electrons. The highest BCUT2D eigenvalue weighted by atomic mass is 32.2. The van der Waals surface area contributed by atoms with E-state index in [1.54, 1.807) is 37.2 Å². The van der Waals surface area contributed by atoms with E-state index in [0.29, 0.717) is 30.5 Å². The summed E-state index contributed by atoms with van der Waals surface area (Å²) in [6.07, 6.45) is 0.877. The molecule has 4 aliphatic heterocycles. The van der Waals surface area contributed by atoms with Gasteiger partial charge < -0.3 is 24.6 Å². The Morgan fingerprint density at radius 1 is 1.02 bits per heavy atom. The maximum absolute atomic E-state index is 14.2. The Kier molecular flexibility index (Phi) is 8.96. The molecule has 2 aromatic rings. The van der Waals surface area contributed by atoms with Crippen molar-refractivity contribution in [1.29, 1.82) is 0 Å². The minimum atomic E-state index is -3.19. The number of esters is 1. The molecule has 0 aromatic heterocycles. The van der Waals surface area contributed by atoms with E-state index < -0.39 is 57.0 Å². The number of hydrogen-bond donors (Lipinski definition) is 1. The number of fused-ring (bicyclic) bond motifs is 1. The SMILES string of the molecule is CC(C)(C)OC(=O)N[C@@H]1C(=O)N2[C@@H](C(=O)OC(c3ccccc3)c3ccccc3)C(C=C3CCN(C4CCS(=O)(=O)C4)C3=O)=CS[C@H]12. The van der Waals surface area contributed by atoms with Crippen LogP contribution in [0, 0.1) is 0 Å². The monoisotopic (exact) mass is 679 g/mol. The lowest BCUT2D eigenvalue weighted by molar-refractivity contribution is -0.164. The minimum Gasteiger partial charge on any atom is -0.451 e. The van der Waals surface area contributed by atoms with E-state index in [2.05, 4.69) is 5.32 Å². The number of ether oxygens (including phenoxy) is 2. The Bertz CT molecular complexity index is 1700. The van der Waals surface area contributed by atoms with Gasteiger partial charge in [0.15, 0.2) is 22.0 Å². The second-order valence-electron chi connectivity index (χ2n) is 13.0. The summed E-state index contributed by atoms with van der Waals surface area (Å²) in [6, 6.07) is 16.0. The number of amides is 3. The predicted octanol–water partition coefficient (Wildman–Crippen LogP) is 3.73. The molecule has 0 bridgehead atoms. The zero-order valence-corrected chi connectivity index (χ0v) is 28.0. The molecular formula is C34H37N3O8S2. The number of hydrogen-bond acceptors (Lipinski definition) is 9. The summed E-state index contributed by atoms with van der Waals surface area (Å²) in [4.78, 5) is 56.9. The summed E-state index contributed by atoms with van der Waals surface area (Å²) in [5.74, 6) is -1.46. The third-order valence-electron chi connectivity index (χ3n) is 8.50. The smallest absolute Gasteiger partial charge is 0.408 e. The van der Waals surface area contributed by atoms with Crippen molar-refractivity contribution in [2.75, 3.05) is 18.1 Å². The van der Waals surface area contributed by atoms with Crippen LogP contribution in [0.5, 0.6) is 0 Å². The number of carbonyl (C=O) groups is 4. The van der Waals surface area contributed by atoms with Crippen LogP contribution in [0.1, 0.15) is 50.8 Å². The number of likely N-dealkylation sites (tertiary alicyclic amines) is 1. The van der Waals surface area contributed by atoms with Crippen molar-refractivity contribution in [3.8, 4) is 0 Å². The zero-order chi connectivity index (χ0) is 33.5. The molecule has 4 heterocycles. The van der Waals surface area contributed by atoms with Gasteiger partial charge in [0.05, 0.1) is 11.5 Å². The van der Waals surface area contributed by atoms with Crippen molar-refractivity contribution < 1.29 is 37.1 Å². The average molecular weight is 680 g/mol. The molecule has 0 saturated carbocycles. The summed E-state index contributed by atoms with van der Waals surface area (Å²) in [5, 5.41) is 3.75. The number of thioether (sulfide) groups is 1. The summed E-state index contributed by atoms with van der Waals surface area (Å²) in [5.41, 5.74) is 1.55. The number of sulfone groups is 1. The quantitative estimate of drug-likeness (QED) is 0.264. The first-order chi connectivity index (χ1) is 22.3. The zero-order valence-electron chi connectivity index (χ0n) is 26.3. The Hall–Kier alpha value is -4.10. The summed E-state index contributed by atoms with van der Waals surface area (Å²) in [6.45, 7) is 5.53. The fourth-order valence-corrected chi connectivity index (χ4v) is 9.23. The Morgan fingerprint density at radius 2 is 1.66 bits per heavy atom. The van der Waals surface area contributed by atoms with E-state index in [9.17, 15) is 27.6 Å². The maximum Gasteiger partial charge on any atom is 0.408 e. The highest BCUT2D eigenvalue weighted by Crippen LogP contribution is 2.42. The number of β-lactam (4-membered cyclic amide) rings is 1. The second kappa shape index (κ2) is 12.8. The van der Waals surface area contributed by atoms with Gasteiger partial charge in [-0.05, 0) is 61.8 Å². The normalized spacial score (nSPS) is 26.1. The van der Waals surface area contributed by atoms with Crippen LogP contribution in [0.15, 0.2) is 83.3 Å². The van der Waals surface area contributed by atoms with Gasteiger partial charge in [0, 0.05) is 18.2 Å². The van der Waals surface area contributed by atoms with Gasteiger partial charge in [-0.25, -0.2) is 18.0 Å². The molecule has 1 N–H and O–H groups in total. The standard InChI is InChI=1S/C34H37N3O8S2/c1-34(2,3)45-33(41)35-26-30(39)37-27(32(40)44-28(21-10-6-4-7-11-21)22-12-8-5-9-13-22)24(19-46-31(26)37)18-23-14-16-36(29(23)38)25-15-17-47(42,43)20-25/h4-13,18-19,25-28,31H,14-17,20H2,1-3H3,(H,35,41)/t25?,26-,27-,31-/m1/s1. The first-order valence-electron chi connectivity index (χ1n) is 15.5. The molecule has 2 aromatic carbocycles. The van der Waals surface area contributed by atoms with E-state index in [1.807, 2.05) is 60.7 Å². The predicted molar refractivity (Wildman–Crippen MR) is 176 cm³/mol. The first-order valence-corrected chi connectivity index (χ1v) is 18.3. The third-order valence-corrected chi connectivity index (χ3v) is 11.4. The van der Waals surface area contributed by atoms with Crippen molar-refractivity contribution in [3.05, 3.63) is 94.4 Å². The summed E-state index contributed by atoms with van der Waals surface area (Å²) in [7, 11) is -3.19. The molecule has 0 radical (unpaired) electrons. The van der Waals surface area contributed by atoms with Gasteiger partial charge in [-0.3, -0.25) is 9.59 Å². The Labute approximate surface area is 278 Å². The molecule has 11 nitrogen and oxygen atoms in total. The van der Waals surface area contributed by atoms with Gasteiger partial charge in [0.2, 0.25) is 11.8 Å². The van der Waals surface area contributed by atoms with E-state index in [-0.39, 0.29) is 23.5 Å². The Morgan fingerprint density at radius 3 is 2.23 bits per heavy atom. The van der Waals surface area contributed by atoms with Crippen molar-refractivity contribution in [2.45, 2.75) is 68.8 Å². The number of benzene rings is 2. The highest BCUT2D eigenvalue weighted by molar-refractivity contribution is 8.03. The van der Waals surface area contributed by atoms with Crippen molar-refractivity contribution >= 4 is 45.5 Å². The number of alkyl carbamates (subject to hydrolysis) is 1. The average Bonchev–Trinajstić information content (AvgIpc) is 3.58. The van der Waals surface area contributed by atoms with Crippen LogP contribution >= 0.6 is 11.8 Å². The van der Waals surface area contributed by atoms with E-state index in [0.717, 1.165) is 11.1 Å². The van der Waals surface area contributed by atoms with Crippen LogP contribution < -0.4 is 5.32 Å². The molecule has 4 atom stereocenters. The molecule has 3 amide bonds. The highest BCUT2D eigenvalue weighted by Gasteiger charge is 2.56. The van der Waals surface area contributed by atoms with Gasteiger partial charge in [-0.1, -0.05) is 60.7 Å². The lowest BCUT2D eigenvalue weighted by Gasteiger charge is -2.51. The number of carbonyl (C=O) groups excluding carboxylic acids is 4. The molecule has 6 rings (SSSR count). The lowest BCUT2D eigenvalue weighted by atomic mass is 9.95.